The zero-order valence-electron chi connectivity index (χ0n) is 20.1. The first-order valence-corrected chi connectivity index (χ1v) is 12.5. The maximum Gasteiger partial charge on any atom is 0.306 e. The number of aromatic nitrogens is 1. The third kappa shape index (κ3) is 8.68. The maximum absolute atomic E-state index is 13.2. The summed E-state index contributed by atoms with van der Waals surface area (Å²) < 4.78 is 55.6. The number of sulfonamides is 1. The quantitative estimate of drug-likeness (QED) is 0.450. The second-order valence-electron chi connectivity index (χ2n) is 9.10. The molecule has 1 saturated heterocycles. The van der Waals surface area contributed by atoms with E-state index in [0.29, 0.717) is 32.3 Å². The van der Waals surface area contributed by atoms with E-state index < -0.39 is 21.6 Å². The maximum atomic E-state index is 13.2. The minimum absolute atomic E-state index is 0.0112. The zero-order valence-corrected chi connectivity index (χ0v) is 20.9. The highest BCUT2D eigenvalue weighted by Gasteiger charge is 2.30. The molecule has 0 amide bonds. The molecule has 1 fully saturated rings. The van der Waals surface area contributed by atoms with E-state index in [1.165, 1.54) is 29.7 Å². The molecule has 0 unspecified atom stereocenters. The lowest BCUT2D eigenvalue weighted by Gasteiger charge is -2.30. The lowest BCUT2D eigenvalue weighted by molar-refractivity contribution is -0.154. The number of pyridine rings is 1. The summed E-state index contributed by atoms with van der Waals surface area (Å²) >= 11 is 0. The molecule has 0 saturated carbocycles. The molecule has 1 aromatic heterocycles. The number of hydrogen-bond donors (Lipinski definition) is 0. The molecule has 1 aliphatic heterocycles. The molecule has 0 spiro atoms. The van der Waals surface area contributed by atoms with Crippen molar-refractivity contribution in [1.29, 1.82) is 0 Å². The van der Waals surface area contributed by atoms with E-state index in [1.54, 1.807) is 20.8 Å². The van der Waals surface area contributed by atoms with Gasteiger partial charge in [0.05, 0.1) is 19.6 Å². The molecule has 9 nitrogen and oxygen atoms in total. The first-order valence-electron chi connectivity index (χ1n) is 11.1. The lowest BCUT2D eigenvalue weighted by atomic mass is 9.95. The fraction of sp³-hybridized carbons (Fsp3) is 0.609. The standard InChI is InChI=1S/C23H33FN2O7S/c1-23(2,3)33-21(27)8-5-18(14-24)16-32-20-7-6-19(15-25-20)34(29,30)26-11-9-17(10-12-26)13-22(28)31-4/h6-7,14-15,17H,5,8-13,16H2,1-4H3. The van der Waals surface area contributed by atoms with Gasteiger partial charge in [-0.1, -0.05) is 0 Å². The second-order valence-corrected chi connectivity index (χ2v) is 11.0. The van der Waals surface area contributed by atoms with Gasteiger partial charge in [-0.25, -0.2) is 17.8 Å². The number of carbonyl (C=O) groups excluding carboxylic acids is 2. The van der Waals surface area contributed by atoms with Gasteiger partial charge in [0.2, 0.25) is 15.9 Å². The van der Waals surface area contributed by atoms with Crippen LogP contribution < -0.4 is 4.74 Å². The third-order valence-electron chi connectivity index (χ3n) is 5.23. The largest absolute Gasteiger partial charge is 0.473 e. The smallest absolute Gasteiger partial charge is 0.306 e. The van der Waals surface area contributed by atoms with E-state index in [-0.39, 0.29) is 54.1 Å². The Balaban J connectivity index is 1.87. The van der Waals surface area contributed by atoms with Crippen molar-refractivity contribution in [3.05, 3.63) is 30.2 Å². The Morgan fingerprint density at radius 3 is 2.38 bits per heavy atom. The van der Waals surface area contributed by atoms with Gasteiger partial charge in [-0.15, -0.1) is 0 Å². The molecule has 0 N–H and O–H groups in total. The van der Waals surface area contributed by atoms with Crippen molar-refractivity contribution in [3.63, 3.8) is 0 Å². The van der Waals surface area contributed by atoms with Crippen LogP contribution in [0.2, 0.25) is 0 Å². The summed E-state index contributed by atoms with van der Waals surface area (Å²) in [7, 11) is -2.39. The van der Waals surface area contributed by atoms with Gasteiger partial charge >= 0.3 is 11.9 Å². The van der Waals surface area contributed by atoms with Crippen LogP contribution in [0.3, 0.4) is 0 Å². The minimum Gasteiger partial charge on any atom is -0.473 e. The Kier molecular flexibility index (Phi) is 9.99. The third-order valence-corrected chi connectivity index (χ3v) is 7.12. The highest BCUT2D eigenvalue weighted by molar-refractivity contribution is 7.89. The molecular formula is C23H33FN2O7S. The highest BCUT2D eigenvalue weighted by Crippen LogP contribution is 2.26. The molecule has 11 heteroatoms. The summed E-state index contributed by atoms with van der Waals surface area (Å²) in [5.41, 5.74) is -0.364. The molecular weight excluding hydrogens is 467 g/mol. The van der Waals surface area contributed by atoms with E-state index in [4.69, 9.17) is 9.47 Å². The van der Waals surface area contributed by atoms with Gasteiger partial charge in [0.15, 0.2) is 0 Å². The first-order chi connectivity index (χ1) is 15.9. The number of hydrogen-bond acceptors (Lipinski definition) is 8. The van der Waals surface area contributed by atoms with Crippen LogP contribution in [0, 0.1) is 5.92 Å². The van der Waals surface area contributed by atoms with Gasteiger partial charge in [-0.3, -0.25) is 9.59 Å². The van der Waals surface area contributed by atoms with Gasteiger partial charge in [0.1, 0.15) is 17.1 Å². The van der Waals surface area contributed by atoms with E-state index >= 15 is 0 Å². The normalized spacial score (nSPS) is 16.2. The number of piperidine rings is 1. The average molecular weight is 501 g/mol. The SMILES string of the molecule is COC(=O)CC1CCN(S(=O)(=O)c2ccc(OCC(=CF)CCC(=O)OC(C)(C)C)nc2)CC1. The van der Waals surface area contributed by atoms with Gasteiger partial charge < -0.3 is 14.2 Å². The monoisotopic (exact) mass is 500 g/mol. The average Bonchev–Trinajstić information content (AvgIpc) is 2.78. The van der Waals surface area contributed by atoms with Crippen LogP contribution in [0.4, 0.5) is 4.39 Å². The topological polar surface area (TPSA) is 112 Å². The van der Waals surface area contributed by atoms with Crippen molar-refractivity contribution in [1.82, 2.24) is 9.29 Å². The van der Waals surface area contributed by atoms with Crippen LogP contribution in [0.1, 0.15) is 52.9 Å². The molecule has 34 heavy (non-hydrogen) atoms. The molecule has 0 aliphatic carbocycles. The summed E-state index contributed by atoms with van der Waals surface area (Å²) in [5, 5.41) is 0. The van der Waals surface area contributed by atoms with Crippen molar-refractivity contribution in [2.45, 2.75) is 63.4 Å². The summed E-state index contributed by atoms with van der Waals surface area (Å²) in [4.78, 5) is 27.3. The molecule has 190 valence electrons. The molecule has 0 bridgehead atoms. The van der Waals surface area contributed by atoms with E-state index in [9.17, 15) is 22.4 Å². The van der Waals surface area contributed by atoms with Crippen LogP contribution >= 0.6 is 0 Å². The Morgan fingerprint density at radius 1 is 1.18 bits per heavy atom. The number of ether oxygens (including phenoxy) is 3. The van der Waals surface area contributed by atoms with Gasteiger partial charge in [0, 0.05) is 32.0 Å². The number of methoxy groups -OCH3 is 1. The highest BCUT2D eigenvalue weighted by atomic mass is 32.2. The zero-order chi connectivity index (χ0) is 25.4. The van der Waals surface area contributed by atoms with Crippen LogP contribution in [-0.4, -0.2) is 62.1 Å². The van der Waals surface area contributed by atoms with Crippen LogP contribution in [0.5, 0.6) is 5.88 Å². The van der Waals surface area contributed by atoms with Crippen molar-refractivity contribution in [3.8, 4) is 5.88 Å². The Bertz CT molecular complexity index is 964. The number of carbonyl (C=O) groups is 2. The number of halogens is 1. The predicted octanol–water partition coefficient (Wildman–Crippen LogP) is 3.40. The van der Waals surface area contributed by atoms with Crippen LogP contribution in [0.25, 0.3) is 0 Å². The van der Waals surface area contributed by atoms with Gasteiger partial charge in [0.25, 0.3) is 0 Å². The van der Waals surface area contributed by atoms with Gasteiger partial charge in [-0.05, 0) is 57.6 Å². The Labute approximate surface area is 200 Å². The number of esters is 2. The Hall–Kier alpha value is -2.53. The summed E-state index contributed by atoms with van der Waals surface area (Å²) in [6, 6.07) is 2.79. The molecule has 0 aromatic carbocycles. The molecule has 2 heterocycles. The lowest BCUT2D eigenvalue weighted by Crippen LogP contribution is -2.38. The molecule has 0 atom stereocenters. The molecule has 2 rings (SSSR count). The first kappa shape index (κ1) is 27.7. The predicted molar refractivity (Wildman–Crippen MR) is 122 cm³/mol. The van der Waals surface area contributed by atoms with Crippen molar-refractivity contribution in [2.24, 2.45) is 5.92 Å². The van der Waals surface area contributed by atoms with E-state index in [1.807, 2.05) is 0 Å². The van der Waals surface area contributed by atoms with Crippen LogP contribution in [-0.2, 0) is 29.1 Å². The number of nitrogens with zero attached hydrogens (tertiary/aromatic N) is 2. The van der Waals surface area contributed by atoms with Crippen LogP contribution in [0.15, 0.2) is 35.1 Å². The molecule has 0 radical (unpaired) electrons. The Morgan fingerprint density at radius 2 is 1.85 bits per heavy atom. The summed E-state index contributed by atoms with van der Waals surface area (Å²) in [5.74, 6) is -0.501. The van der Waals surface area contributed by atoms with E-state index in [2.05, 4.69) is 9.72 Å². The molecule has 1 aromatic rings. The van der Waals surface area contributed by atoms with Crippen molar-refractivity contribution < 1.29 is 36.6 Å². The molecule has 1 aliphatic rings. The van der Waals surface area contributed by atoms with Crippen molar-refractivity contribution >= 4 is 22.0 Å². The van der Waals surface area contributed by atoms with E-state index in [0.717, 1.165) is 0 Å². The fourth-order valence-electron chi connectivity index (χ4n) is 3.41. The second kappa shape index (κ2) is 12.3. The minimum atomic E-state index is -3.73. The fourth-order valence-corrected chi connectivity index (χ4v) is 4.82. The van der Waals surface area contributed by atoms with Crippen molar-refractivity contribution in [2.75, 3.05) is 26.8 Å². The summed E-state index contributed by atoms with van der Waals surface area (Å²) in [6.07, 6.45) is 3.15. The summed E-state index contributed by atoms with van der Waals surface area (Å²) in [6.45, 7) is 5.75. The van der Waals surface area contributed by atoms with Gasteiger partial charge in [-0.2, -0.15) is 4.31 Å². The number of rotatable bonds is 10.